The van der Waals surface area contributed by atoms with E-state index in [0.29, 0.717) is 6.54 Å². The van der Waals surface area contributed by atoms with Gasteiger partial charge in [-0.15, -0.1) is 0 Å². The maximum Gasteiger partial charge on any atom is 0.304 e. The Labute approximate surface area is 110 Å². The van der Waals surface area contributed by atoms with Crippen LogP contribution in [0, 0.1) is 0 Å². The Bertz CT molecular complexity index is 282. The van der Waals surface area contributed by atoms with Crippen LogP contribution in [0.15, 0.2) is 0 Å². The number of likely N-dealkylation sites (N-methyl/N-ethyl adjacent to an activating group) is 1. The highest BCUT2D eigenvalue weighted by molar-refractivity contribution is 5.82. The first-order valence-electron chi connectivity index (χ1n) is 6.42. The Balaban J connectivity index is 4.60. The molecule has 106 valence electrons. The Kier molecular flexibility index (Phi) is 6.91. The fourth-order valence-corrected chi connectivity index (χ4v) is 1.98. The summed E-state index contributed by atoms with van der Waals surface area (Å²) in [6.07, 6.45) is 0.0531. The molecule has 0 radical (unpaired) electrons. The summed E-state index contributed by atoms with van der Waals surface area (Å²) in [5.74, 6) is -0.793. The standard InChI is InChI=1S/C13H26N2O3/c1-9(2)15(10(3)4)13(18)11(5)14(6)8-7-12(16)17/h9-11H,7-8H2,1-6H3,(H,16,17). The van der Waals surface area contributed by atoms with E-state index in [0.717, 1.165) is 0 Å². The molecule has 0 spiro atoms. The van der Waals surface area contributed by atoms with Gasteiger partial charge in [0, 0.05) is 18.6 Å². The van der Waals surface area contributed by atoms with E-state index in [9.17, 15) is 9.59 Å². The predicted octanol–water partition coefficient (Wildman–Crippen LogP) is 1.43. The van der Waals surface area contributed by atoms with Crippen LogP contribution in [0.3, 0.4) is 0 Å². The second kappa shape index (κ2) is 7.36. The summed E-state index contributed by atoms with van der Waals surface area (Å²) in [5, 5.41) is 8.65. The average molecular weight is 258 g/mol. The summed E-state index contributed by atoms with van der Waals surface area (Å²) >= 11 is 0. The van der Waals surface area contributed by atoms with Crippen LogP contribution in [0.5, 0.6) is 0 Å². The zero-order valence-corrected chi connectivity index (χ0v) is 12.3. The van der Waals surface area contributed by atoms with Gasteiger partial charge in [0.05, 0.1) is 12.5 Å². The Hall–Kier alpha value is -1.10. The average Bonchev–Trinajstić information content (AvgIpc) is 2.23. The lowest BCUT2D eigenvalue weighted by Gasteiger charge is -2.35. The van der Waals surface area contributed by atoms with E-state index in [1.807, 2.05) is 39.5 Å². The number of aliphatic carboxylic acids is 1. The molecule has 0 aliphatic rings. The highest BCUT2D eigenvalue weighted by atomic mass is 16.4. The quantitative estimate of drug-likeness (QED) is 0.750. The van der Waals surface area contributed by atoms with Crippen LogP contribution in [0.4, 0.5) is 0 Å². The topological polar surface area (TPSA) is 60.9 Å². The lowest BCUT2D eigenvalue weighted by molar-refractivity contribution is -0.142. The number of rotatable bonds is 7. The molecule has 0 aromatic rings. The summed E-state index contributed by atoms with van der Waals surface area (Å²) in [5.41, 5.74) is 0. The molecule has 5 heteroatoms. The van der Waals surface area contributed by atoms with Crippen LogP contribution < -0.4 is 0 Å². The third kappa shape index (κ3) is 5.04. The Morgan fingerprint density at radius 2 is 1.50 bits per heavy atom. The van der Waals surface area contributed by atoms with E-state index in [-0.39, 0.29) is 30.5 Å². The maximum absolute atomic E-state index is 12.3. The van der Waals surface area contributed by atoms with Gasteiger partial charge in [-0.2, -0.15) is 0 Å². The summed E-state index contributed by atoms with van der Waals surface area (Å²) < 4.78 is 0. The largest absolute Gasteiger partial charge is 0.481 e. The van der Waals surface area contributed by atoms with Gasteiger partial charge < -0.3 is 10.0 Å². The fourth-order valence-electron chi connectivity index (χ4n) is 1.98. The van der Waals surface area contributed by atoms with Crippen LogP contribution >= 0.6 is 0 Å². The number of carbonyl (C=O) groups is 2. The predicted molar refractivity (Wildman–Crippen MR) is 71.5 cm³/mol. The zero-order valence-electron chi connectivity index (χ0n) is 12.3. The van der Waals surface area contributed by atoms with Gasteiger partial charge in [-0.3, -0.25) is 14.5 Å². The number of nitrogens with zero attached hydrogens (tertiary/aromatic N) is 2. The van der Waals surface area contributed by atoms with Crippen molar-refractivity contribution in [1.29, 1.82) is 0 Å². The molecule has 0 fully saturated rings. The SMILES string of the molecule is CC(C(=O)N(C(C)C)C(C)C)N(C)CCC(=O)O. The summed E-state index contributed by atoms with van der Waals surface area (Å²) in [7, 11) is 1.78. The molecule has 0 saturated heterocycles. The van der Waals surface area contributed by atoms with Crippen molar-refractivity contribution in [3.05, 3.63) is 0 Å². The minimum Gasteiger partial charge on any atom is -0.481 e. The molecule has 1 amide bonds. The van der Waals surface area contributed by atoms with E-state index in [1.165, 1.54) is 0 Å². The summed E-state index contributed by atoms with van der Waals surface area (Å²) in [4.78, 5) is 26.5. The molecule has 0 heterocycles. The monoisotopic (exact) mass is 258 g/mol. The second-order valence-electron chi connectivity index (χ2n) is 5.23. The number of hydrogen-bond donors (Lipinski definition) is 1. The van der Waals surface area contributed by atoms with Crippen LogP contribution in [0.25, 0.3) is 0 Å². The zero-order chi connectivity index (χ0) is 14.5. The van der Waals surface area contributed by atoms with Crippen molar-refractivity contribution in [3.63, 3.8) is 0 Å². The van der Waals surface area contributed by atoms with Gasteiger partial charge in [0.1, 0.15) is 0 Å². The van der Waals surface area contributed by atoms with E-state index in [4.69, 9.17) is 5.11 Å². The van der Waals surface area contributed by atoms with Gasteiger partial charge in [-0.1, -0.05) is 0 Å². The minimum absolute atomic E-state index is 0.0490. The molecule has 18 heavy (non-hydrogen) atoms. The third-order valence-corrected chi connectivity index (χ3v) is 3.06. The molecule has 0 bridgehead atoms. The van der Waals surface area contributed by atoms with Crippen LogP contribution in [-0.4, -0.2) is 58.5 Å². The molecule has 0 aromatic heterocycles. The van der Waals surface area contributed by atoms with E-state index in [1.54, 1.807) is 11.9 Å². The van der Waals surface area contributed by atoms with Crippen molar-refractivity contribution in [3.8, 4) is 0 Å². The van der Waals surface area contributed by atoms with E-state index < -0.39 is 5.97 Å². The van der Waals surface area contributed by atoms with Crippen molar-refractivity contribution in [1.82, 2.24) is 9.80 Å². The first kappa shape index (κ1) is 16.9. The van der Waals surface area contributed by atoms with Crippen molar-refractivity contribution in [2.45, 2.75) is 59.2 Å². The van der Waals surface area contributed by atoms with Crippen LogP contribution in [0.2, 0.25) is 0 Å². The van der Waals surface area contributed by atoms with E-state index in [2.05, 4.69) is 0 Å². The molecule has 0 saturated carbocycles. The molecule has 1 N–H and O–H groups in total. The van der Waals surface area contributed by atoms with Crippen molar-refractivity contribution >= 4 is 11.9 Å². The highest BCUT2D eigenvalue weighted by Crippen LogP contribution is 2.10. The lowest BCUT2D eigenvalue weighted by Crippen LogP contribution is -2.51. The molecular formula is C13H26N2O3. The molecule has 0 aromatic carbocycles. The third-order valence-electron chi connectivity index (χ3n) is 3.06. The van der Waals surface area contributed by atoms with Gasteiger partial charge >= 0.3 is 5.97 Å². The fraction of sp³-hybridized carbons (Fsp3) is 0.846. The molecule has 0 aliphatic carbocycles. The number of hydrogen-bond acceptors (Lipinski definition) is 3. The van der Waals surface area contributed by atoms with Crippen molar-refractivity contribution < 1.29 is 14.7 Å². The number of carboxylic acids is 1. The molecule has 1 atom stereocenters. The second-order valence-corrected chi connectivity index (χ2v) is 5.23. The first-order valence-corrected chi connectivity index (χ1v) is 6.42. The molecule has 0 aliphatic heterocycles. The molecule has 1 unspecified atom stereocenters. The van der Waals surface area contributed by atoms with Gasteiger partial charge in [0.15, 0.2) is 0 Å². The van der Waals surface area contributed by atoms with Crippen LogP contribution in [0.1, 0.15) is 41.0 Å². The summed E-state index contributed by atoms with van der Waals surface area (Å²) in [6, 6.07) is -0.00482. The van der Waals surface area contributed by atoms with Gasteiger partial charge in [0.25, 0.3) is 0 Å². The van der Waals surface area contributed by atoms with E-state index >= 15 is 0 Å². The number of carboxylic acid groups (broad SMARTS) is 1. The Morgan fingerprint density at radius 1 is 1.06 bits per heavy atom. The highest BCUT2D eigenvalue weighted by Gasteiger charge is 2.27. The first-order chi connectivity index (χ1) is 8.18. The van der Waals surface area contributed by atoms with Crippen molar-refractivity contribution in [2.24, 2.45) is 0 Å². The molecule has 5 nitrogen and oxygen atoms in total. The van der Waals surface area contributed by atoms with Gasteiger partial charge in [-0.05, 0) is 41.7 Å². The summed E-state index contributed by atoms with van der Waals surface area (Å²) in [6.45, 7) is 10.2. The lowest BCUT2D eigenvalue weighted by atomic mass is 10.1. The normalized spacial score (nSPS) is 13.2. The Morgan fingerprint density at radius 3 is 1.83 bits per heavy atom. The number of amides is 1. The number of carbonyl (C=O) groups excluding carboxylic acids is 1. The van der Waals surface area contributed by atoms with Crippen LogP contribution in [-0.2, 0) is 9.59 Å². The van der Waals surface area contributed by atoms with Crippen molar-refractivity contribution in [2.75, 3.05) is 13.6 Å². The minimum atomic E-state index is -0.842. The smallest absolute Gasteiger partial charge is 0.304 e. The molecule has 0 rings (SSSR count). The molecular weight excluding hydrogens is 232 g/mol. The maximum atomic E-state index is 12.3. The van der Waals surface area contributed by atoms with Gasteiger partial charge in [0.2, 0.25) is 5.91 Å². The van der Waals surface area contributed by atoms with Gasteiger partial charge in [-0.25, -0.2) is 0 Å².